The Hall–Kier alpha value is -12.4. The van der Waals surface area contributed by atoms with E-state index in [4.69, 9.17) is 4.42 Å². The third kappa shape index (κ3) is 18.9. The van der Waals surface area contributed by atoms with Crippen molar-refractivity contribution in [2.45, 2.75) is 31.6 Å². The molecule has 0 atom stereocenters. The molecule has 0 amide bonds. The fraction of sp³-hybridized carbons (Fsp3) is 0.0614. The van der Waals surface area contributed by atoms with Crippen LogP contribution in [0.1, 0.15) is 25.3 Å². The van der Waals surface area contributed by atoms with Crippen molar-refractivity contribution in [1.82, 2.24) is 0 Å². The topological polar surface area (TPSA) is 11.3 Å². The van der Waals surface area contributed by atoms with Gasteiger partial charge in [-0.2, -0.15) is 0 Å². The molecule has 1 saturated carbocycles. The molecule has 0 unspecified atom stereocenters. The second-order valence-electron chi connectivity index (χ2n) is 29.7. The molecular weight excluding hydrogens is 1510 g/mol. The molecule has 5 heteroatoms. The SMILES string of the molecule is C=CC[P+](c1ccccc1)(c1ccccc1)c1ccccc1.CC[P+](c1ccccc1)(c1ccccc1)c1ccccc1.c1ccc(-c2cc(-c3ccccc3)[o+]c(-c3ccccc3)c2)cc1.c1ccc([P+](Cc2ccc3ccccc3c2)(c2ccccc2)c2ccccc2)cc1.c1ccc([P+](c2ccccc2)(c2ccccc2)C2CC2)cc1. The van der Waals surface area contributed by atoms with E-state index in [9.17, 15) is 0 Å². The minimum Gasteiger partial charge on any atom is -0.207 e. The molecule has 0 spiro atoms. The zero-order valence-electron chi connectivity index (χ0n) is 67.6. The summed E-state index contributed by atoms with van der Waals surface area (Å²) in [6.45, 7) is 6.37. The van der Waals surface area contributed by atoms with Gasteiger partial charge in [-0.1, -0.05) is 334 Å². The zero-order chi connectivity index (χ0) is 81.0. The first-order chi connectivity index (χ1) is 58.9. The van der Waals surface area contributed by atoms with Gasteiger partial charge in [0, 0.05) is 5.56 Å². The predicted molar refractivity (Wildman–Crippen MR) is 526 cm³/mol. The summed E-state index contributed by atoms with van der Waals surface area (Å²) in [4.78, 5) is 0. The Morgan fingerprint density at radius 3 is 0.765 bits per heavy atom. The van der Waals surface area contributed by atoms with E-state index in [1.165, 1.54) is 98.4 Å². The highest BCUT2D eigenvalue weighted by Gasteiger charge is 2.57. The molecule has 19 rings (SSSR count). The summed E-state index contributed by atoms with van der Waals surface area (Å²) in [5, 5.41) is 20.1. The summed E-state index contributed by atoms with van der Waals surface area (Å²) in [5.41, 5.74) is 6.68. The maximum absolute atomic E-state index is 6.21. The molecule has 0 N–H and O–H groups in total. The van der Waals surface area contributed by atoms with Gasteiger partial charge in [-0.05, 0) is 218 Å². The lowest BCUT2D eigenvalue weighted by molar-refractivity contribution is 0.582. The number of fused-ring (bicyclic) bond motifs is 1. The largest absolute Gasteiger partial charge is 0.361 e. The molecule has 1 aromatic heterocycles. The molecule has 1 nitrogen and oxygen atoms in total. The average molecular weight is 1610 g/mol. The first-order valence-corrected chi connectivity index (χ1v) is 49.2. The molecule has 1 aliphatic rings. The molecule has 18 aromatic rings. The van der Waals surface area contributed by atoms with E-state index in [0.29, 0.717) is 0 Å². The zero-order valence-corrected chi connectivity index (χ0v) is 71.2. The molecule has 1 fully saturated rings. The predicted octanol–water partition coefficient (Wildman–Crippen LogP) is 25.2. The van der Waals surface area contributed by atoms with E-state index in [1.54, 1.807) is 0 Å². The van der Waals surface area contributed by atoms with Crippen LogP contribution < -0.4 is 63.7 Å². The Morgan fingerprint density at radius 2 is 0.487 bits per heavy atom. The van der Waals surface area contributed by atoms with Crippen LogP contribution in [0.3, 0.4) is 0 Å². The van der Waals surface area contributed by atoms with E-state index in [-0.39, 0.29) is 0 Å². The summed E-state index contributed by atoms with van der Waals surface area (Å²) >= 11 is 0. The number of rotatable bonds is 21. The van der Waals surface area contributed by atoms with E-state index >= 15 is 0 Å². The molecule has 119 heavy (non-hydrogen) atoms. The van der Waals surface area contributed by atoms with Crippen molar-refractivity contribution in [3.05, 3.63) is 528 Å². The summed E-state index contributed by atoms with van der Waals surface area (Å²) in [7, 11) is -6.57. The van der Waals surface area contributed by atoms with Crippen LogP contribution in [-0.2, 0) is 6.16 Å². The van der Waals surface area contributed by atoms with E-state index in [2.05, 4.69) is 487 Å². The molecule has 0 bridgehead atoms. The van der Waals surface area contributed by atoms with Crippen molar-refractivity contribution in [3.63, 3.8) is 0 Å². The molecule has 0 aliphatic heterocycles. The second-order valence-corrected chi connectivity index (χ2v) is 44.3. The van der Waals surface area contributed by atoms with Gasteiger partial charge in [0.2, 0.25) is 0 Å². The van der Waals surface area contributed by atoms with Crippen molar-refractivity contribution in [3.8, 4) is 33.8 Å². The number of hydrogen-bond donors (Lipinski definition) is 0. The van der Waals surface area contributed by atoms with Crippen LogP contribution in [0.2, 0.25) is 0 Å². The van der Waals surface area contributed by atoms with Crippen molar-refractivity contribution >= 4 is 103 Å². The first kappa shape index (κ1) is 81.7. The lowest BCUT2D eigenvalue weighted by atomic mass is 10.0. The highest BCUT2D eigenvalue weighted by Crippen LogP contribution is 2.68. The van der Waals surface area contributed by atoms with Crippen molar-refractivity contribution in [1.29, 1.82) is 0 Å². The minimum atomic E-state index is -1.85. The number of allylic oxidation sites excluding steroid dienone is 1. The van der Waals surface area contributed by atoms with Crippen LogP contribution in [0.15, 0.2) is 527 Å². The maximum atomic E-state index is 6.21. The third-order valence-corrected chi connectivity index (χ3v) is 40.6. The van der Waals surface area contributed by atoms with E-state index in [1.807, 2.05) is 42.5 Å². The van der Waals surface area contributed by atoms with Crippen LogP contribution in [0.4, 0.5) is 0 Å². The first-order valence-electron chi connectivity index (χ1n) is 41.4. The summed E-state index contributed by atoms with van der Waals surface area (Å²) < 4.78 is 6.21. The quantitative estimate of drug-likeness (QED) is 0.0396. The molecule has 578 valence electrons. The van der Waals surface area contributed by atoms with Gasteiger partial charge in [-0.3, -0.25) is 0 Å². The number of benzene rings is 17. The Morgan fingerprint density at radius 1 is 0.244 bits per heavy atom. The molecular formula is C114H101OP4+5. The van der Waals surface area contributed by atoms with Gasteiger partial charge in [0.1, 0.15) is 92.7 Å². The van der Waals surface area contributed by atoms with Gasteiger partial charge in [-0.15, -0.1) is 0 Å². The van der Waals surface area contributed by atoms with Crippen molar-refractivity contribution in [2.75, 3.05) is 12.3 Å². The molecule has 0 saturated heterocycles. The number of hydrogen-bond acceptors (Lipinski definition) is 0. The Bertz CT molecular complexity index is 5520. The van der Waals surface area contributed by atoms with Crippen LogP contribution >= 0.6 is 29.0 Å². The Kier molecular flexibility index (Phi) is 27.9. The molecule has 1 heterocycles. The summed E-state index contributed by atoms with van der Waals surface area (Å²) in [6.07, 6.45) is 7.91. The minimum absolute atomic E-state index is 0.805. The van der Waals surface area contributed by atoms with Gasteiger partial charge in [0.05, 0.1) is 47.4 Å². The maximum Gasteiger partial charge on any atom is 0.361 e. The fourth-order valence-electron chi connectivity index (χ4n) is 16.7. The van der Waals surface area contributed by atoms with Crippen LogP contribution in [0.25, 0.3) is 44.5 Å². The van der Waals surface area contributed by atoms with Crippen LogP contribution in [-0.4, -0.2) is 18.0 Å². The highest BCUT2D eigenvalue weighted by molar-refractivity contribution is 7.97. The summed E-state index contributed by atoms with van der Waals surface area (Å²) in [5.74, 6) is 1.74. The normalized spacial score (nSPS) is 11.8. The third-order valence-electron chi connectivity index (χ3n) is 22.5. The van der Waals surface area contributed by atoms with Crippen molar-refractivity contribution < 1.29 is 4.42 Å². The lowest BCUT2D eigenvalue weighted by Crippen LogP contribution is -2.34. The second kappa shape index (κ2) is 40.7. The van der Waals surface area contributed by atoms with Gasteiger partial charge < -0.3 is 0 Å². The smallest absolute Gasteiger partial charge is 0.207 e. The molecule has 17 aromatic carbocycles. The van der Waals surface area contributed by atoms with Gasteiger partial charge in [-0.25, -0.2) is 4.42 Å². The lowest BCUT2D eigenvalue weighted by Gasteiger charge is -2.28. The highest BCUT2D eigenvalue weighted by atomic mass is 31.2. The fourth-order valence-corrected chi connectivity index (χ4v) is 34.0. The van der Waals surface area contributed by atoms with Gasteiger partial charge >= 0.3 is 11.5 Å². The van der Waals surface area contributed by atoms with E-state index in [0.717, 1.165) is 52.4 Å². The average Bonchev–Trinajstić information content (AvgIpc) is 1.61. The van der Waals surface area contributed by atoms with Crippen LogP contribution in [0, 0.1) is 0 Å². The Balaban J connectivity index is 0.000000117. The van der Waals surface area contributed by atoms with Gasteiger partial charge in [0.25, 0.3) is 0 Å². The Labute approximate surface area is 708 Å². The molecule has 1 aliphatic carbocycles. The standard InChI is InChI=1S/C29H24P.C23H17O.2C21H20P.C20H20P/c1-4-14-27(15-5-1)30(28-16-6-2-7-17-28,29-18-8-3-9-19-29)23-24-20-21-25-12-10-11-13-26(25)22-24;1-4-10-18(11-5-1)21-16-22(19-12-6-2-7-13-19)24-23(17-21)20-14-8-3-9-15-20;1-4-10-18(11-5-1)22(21-16-17-21,19-12-6-2-7-13-19)20-14-8-3-9-15-20;1-2-18-22(19-12-6-3-7-13-19,20-14-8-4-9-15-20)21-16-10-5-11-17-21;1-2-21(18-12-6-3-7-13-18,19-14-8-4-9-15-19)20-16-10-5-11-17-20/h1-22H,23H2;1-17H;1-15,21H,16-17H2;2-17H,1,18H2;3-17H,2H2,1H3/q5*+1. The van der Waals surface area contributed by atoms with Crippen LogP contribution in [0.5, 0.6) is 0 Å². The van der Waals surface area contributed by atoms with E-state index < -0.39 is 29.0 Å². The monoisotopic (exact) mass is 1610 g/mol. The summed E-state index contributed by atoms with van der Waals surface area (Å²) in [6, 6.07) is 183. The van der Waals surface area contributed by atoms with Gasteiger partial charge in [0.15, 0.2) is 0 Å². The van der Waals surface area contributed by atoms with Crippen molar-refractivity contribution in [2.24, 2.45) is 0 Å². The molecule has 0 radical (unpaired) electrons.